The number of rotatable bonds is 14. The maximum absolute atomic E-state index is 14.1. The van der Waals surface area contributed by atoms with Crippen molar-refractivity contribution in [2.75, 3.05) is 11.9 Å². The minimum Gasteiger partial charge on any atom is -0.544 e. The fourth-order valence-corrected chi connectivity index (χ4v) is 7.85. The first kappa shape index (κ1) is 47.9. The SMILES string of the molecule is CC(C)(C)OC(=O)N1CCCCC(NC(=O)c2ccc(O[Si](C)(C)C(C)(C)C)cc2)C1OC(=O)c1ccc(NC(=O)c2c(OCc3ccccc3)cccc2OCc2ccccc2)cc1. The predicted molar refractivity (Wildman–Crippen MR) is 254 cm³/mol. The standard InChI is InChI=1S/C52H61N3O9Si/c1-51(2,3)63-50(59)55-33-16-15-22-42(54-46(56)38-27-31-41(32-28-38)64-65(7,8)52(4,5)6)48(55)62-49(58)39-25-29-40(30-26-39)53-47(57)45-43(60-34-36-18-11-9-12-19-36)23-17-24-44(45)61-35-37-20-13-10-14-21-37/h9-14,17-21,23-32,42,48H,15-16,22,33-35H2,1-8H3,(H,53,57)(H,54,56). The molecule has 5 aromatic rings. The Balaban J connectivity index is 1.19. The van der Waals surface area contributed by atoms with E-state index in [-0.39, 0.29) is 41.8 Å². The van der Waals surface area contributed by atoms with Crippen LogP contribution in [0.3, 0.4) is 0 Å². The molecule has 0 aliphatic carbocycles. The van der Waals surface area contributed by atoms with Crippen LogP contribution in [0.4, 0.5) is 10.5 Å². The number of hydrogen-bond donors (Lipinski definition) is 2. The van der Waals surface area contributed by atoms with Gasteiger partial charge in [-0.25, -0.2) is 9.59 Å². The minimum atomic E-state index is -2.10. The van der Waals surface area contributed by atoms with Crippen LogP contribution >= 0.6 is 0 Å². The lowest BCUT2D eigenvalue weighted by atomic mass is 10.1. The van der Waals surface area contributed by atoms with Crippen molar-refractivity contribution in [1.82, 2.24) is 10.2 Å². The Morgan fingerprint density at radius 1 is 0.662 bits per heavy atom. The maximum Gasteiger partial charge on any atom is 0.413 e. The molecule has 5 aromatic carbocycles. The van der Waals surface area contributed by atoms with Crippen molar-refractivity contribution in [3.63, 3.8) is 0 Å². The van der Waals surface area contributed by atoms with Crippen molar-refractivity contribution < 1.29 is 42.6 Å². The molecular formula is C52H61N3O9Si. The number of benzene rings is 5. The van der Waals surface area contributed by atoms with Crippen LogP contribution in [0.1, 0.15) is 103 Å². The van der Waals surface area contributed by atoms with E-state index in [1.807, 2.05) is 60.7 Å². The van der Waals surface area contributed by atoms with Gasteiger partial charge >= 0.3 is 12.1 Å². The van der Waals surface area contributed by atoms with Crippen LogP contribution in [0.15, 0.2) is 127 Å². The molecule has 1 saturated heterocycles. The monoisotopic (exact) mass is 899 g/mol. The lowest BCUT2D eigenvalue weighted by molar-refractivity contribution is -0.0556. The second kappa shape index (κ2) is 20.9. The zero-order chi connectivity index (χ0) is 46.8. The minimum absolute atomic E-state index is 0.00168. The summed E-state index contributed by atoms with van der Waals surface area (Å²) in [5.41, 5.74) is 2.20. The Morgan fingerprint density at radius 2 is 1.22 bits per heavy atom. The van der Waals surface area contributed by atoms with Crippen LogP contribution in [0, 0.1) is 0 Å². The smallest absolute Gasteiger partial charge is 0.413 e. The van der Waals surface area contributed by atoms with Crippen LogP contribution in [-0.4, -0.2) is 61.5 Å². The summed E-state index contributed by atoms with van der Waals surface area (Å²) < 4.78 is 30.7. The van der Waals surface area contributed by atoms with Gasteiger partial charge in [0.2, 0.25) is 14.5 Å². The highest BCUT2D eigenvalue weighted by Crippen LogP contribution is 2.37. The van der Waals surface area contributed by atoms with Gasteiger partial charge in [0.05, 0.1) is 11.6 Å². The lowest BCUT2D eigenvalue weighted by Crippen LogP contribution is -2.55. The summed E-state index contributed by atoms with van der Waals surface area (Å²) in [6.07, 6.45) is -0.153. The highest BCUT2D eigenvalue weighted by Gasteiger charge is 2.40. The summed E-state index contributed by atoms with van der Waals surface area (Å²) in [5, 5.41) is 5.98. The van der Waals surface area contributed by atoms with Gasteiger partial charge in [-0.1, -0.05) is 87.5 Å². The summed E-state index contributed by atoms with van der Waals surface area (Å²) in [6, 6.07) is 36.9. The van der Waals surface area contributed by atoms with Crippen LogP contribution in [0.5, 0.6) is 17.2 Å². The maximum atomic E-state index is 14.1. The Bertz CT molecular complexity index is 2330. The third-order valence-corrected chi connectivity index (χ3v) is 15.7. The zero-order valence-electron chi connectivity index (χ0n) is 38.6. The Hall–Kier alpha value is -6.60. The van der Waals surface area contributed by atoms with Gasteiger partial charge in [-0.15, -0.1) is 0 Å². The van der Waals surface area contributed by atoms with Crippen molar-refractivity contribution in [2.24, 2.45) is 0 Å². The summed E-state index contributed by atoms with van der Waals surface area (Å²) in [5.74, 6) is -0.234. The first-order chi connectivity index (χ1) is 30.9. The molecule has 0 bridgehead atoms. The normalized spacial score (nSPS) is 15.5. The van der Waals surface area contributed by atoms with E-state index in [1.54, 1.807) is 75.4 Å². The second-order valence-electron chi connectivity index (χ2n) is 18.6. The van der Waals surface area contributed by atoms with Gasteiger partial charge < -0.3 is 34.0 Å². The van der Waals surface area contributed by atoms with Crippen molar-refractivity contribution in [3.8, 4) is 17.2 Å². The summed E-state index contributed by atoms with van der Waals surface area (Å²) in [7, 11) is -2.10. The molecule has 1 heterocycles. The third kappa shape index (κ3) is 13.2. The van der Waals surface area contributed by atoms with E-state index in [1.165, 1.54) is 17.0 Å². The summed E-state index contributed by atoms with van der Waals surface area (Å²) in [4.78, 5) is 56.9. The van der Waals surface area contributed by atoms with E-state index < -0.39 is 44.2 Å². The number of anilines is 1. The van der Waals surface area contributed by atoms with Gasteiger partial charge in [-0.05, 0) is 130 Å². The third-order valence-electron chi connectivity index (χ3n) is 11.4. The molecule has 2 atom stereocenters. The Kier molecular flexibility index (Phi) is 15.4. The number of likely N-dealkylation sites (tertiary alicyclic amines) is 1. The average molecular weight is 900 g/mol. The summed E-state index contributed by atoms with van der Waals surface area (Å²) >= 11 is 0. The quantitative estimate of drug-likeness (QED) is 0.0823. The molecule has 1 fully saturated rings. The molecule has 13 heteroatoms. The molecule has 65 heavy (non-hydrogen) atoms. The molecule has 342 valence electrons. The molecule has 3 amide bonds. The van der Waals surface area contributed by atoms with Crippen molar-refractivity contribution in [1.29, 1.82) is 0 Å². The van der Waals surface area contributed by atoms with Crippen LogP contribution in [-0.2, 0) is 22.7 Å². The predicted octanol–water partition coefficient (Wildman–Crippen LogP) is 11.2. The molecule has 1 aliphatic rings. The molecule has 0 radical (unpaired) electrons. The highest BCUT2D eigenvalue weighted by molar-refractivity contribution is 6.74. The van der Waals surface area contributed by atoms with E-state index in [9.17, 15) is 19.2 Å². The number of esters is 1. The number of hydrogen-bond acceptors (Lipinski definition) is 9. The summed E-state index contributed by atoms with van der Waals surface area (Å²) in [6.45, 7) is 16.8. The van der Waals surface area contributed by atoms with Gasteiger partial charge in [-0.2, -0.15) is 0 Å². The van der Waals surface area contributed by atoms with E-state index in [4.69, 9.17) is 23.4 Å². The highest BCUT2D eigenvalue weighted by atomic mass is 28.4. The molecule has 1 aliphatic heterocycles. The Labute approximate surface area is 383 Å². The molecule has 0 saturated carbocycles. The molecule has 2 N–H and O–H groups in total. The average Bonchev–Trinajstić information content (AvgIpc) is 3.46. The van der Waals surface area contributed by atoms with Gasteiger partial charge in [0.25, 0.3) is 11.8 Å². The van der Waals surface area contributed by atoms with Crippen LogP contribution in [0.25, 0.3) is 0 Å². The number of nitrogens with one attached hydrogen (secondary N) is 2. The number of nitrogens with zero attached hydrogens (tertiary/aromatic N) is 1. The van der Waals surface area contributed by atoms with E-state index >= 15 is 0 Å². The van der Waals surface area contributed by atoms with Gasteiger partial charge in [0.15, 0.2) is 0 Å². The lowest BCUT2D eigenvalue weighted by Gasteiger charge is -2.36. The molecule has 6 rings (SSSR count). The van der Waals surface area contributed by atoms with Crippen LogP contribution in [0.2, 0.25) is 18.1 Å². The number of carbonyl (C=O) groups is 4. The number of amides is 3. The topological polar surface area (TPSA) is 142 Å². The van der Waals surface area contributed by atoms with E-state index in [2.05, 4.69) is 44.5 Å². The van der Waals surface area contributed by atoms with Crippen molar-refractivity contribution >= 4 is 37.9 Å². The van der Waals surface area contributed by atoms with E-state index in [0.717, 1.165) is 11.1 Å². The van der Waals surface area contributed by atoms with Gasteiger partial charge in [0.1, 0.15) is 41.6 Å². The molecule has 2 unspecified atom stereocenters. The molecular weight excluding hydrogens is 839 g/mol. The van der Waals surface area contributed by atoms with Crippen LogP contribution < -0.4 is 24.5 Å². The second-order valence-corrected chi connectivity index (χ2v) is 23.4. The number of ether oxygens (including phenoxy) is 4. The fourth-order valence-electron chi connectivity index (χ4n) is 6.82. The largest absolute Gasteiger partial charge is 0.544 e. The molecule has 0 spiro atoms. The molecule has 0 aromatic heterocycles. The zero-order valence-corrected chi connectivity index (χ0v) is 39.6. The molecule has 12 nitrogen and oxygen atoms in total. The Morgan fingerprint density at radius 3 is 1.75 bits per heavy atom. The fraction of sp³-hybridized carbons (Fsp3) is 0.346. The van der Waals surface area contributed by atoms with E-state index in [0.29, 0.717) is 47.8 Å². The van der Waals surface area contributed by atoms with Crippen molar-refractivity contribution in [3.05, 3.63) is 155 Å². The van der Waals surface area contributed by atoms with Crippen molar-refractivity contribution in [2.45, 2.75) is 110 Å². The van der Waals surface area contributed by atoms with Gasteiger partial charge in [-0.3, -0.25) is 14.5 Å². The number of carbonyl (C=O) groups excluding carboxylic acids is 4. The first-order valence-corrected chi connectivity index (χ1v) is 25.0. The van der Waals surface area contributed by atoms with Gasteiger partial charge in [0, 0.05) is 17.8 Å². The first-order valence-electron chi connectivity index (χ1n) is 22.1.